The van der Waals surface area contributed by atoms with Crippen molar-refractivity contribution < 1.29 is 19.1 Å². The minimum atomic E-state index is -0.0975. The van der Waals surface area contributed by atoms with Crippen molar-refractivity contribution in [2.45, 2.75) is 6.42 Å². The van der Waals surface area contributed by atoms with Crippen molar-refractivity contribution in [1.29, 1.82) is 0 Å². The molecular weight excluding hydrogens is 260 g/mol. The number of fused-ring (bicyclic) bond motifs is 1. The van der Waals surface area contributed by atoms with E-state index in [4.69, 9.17) is 9.47 Å². The highest BCUT2D eigenvalue weighted by Gasteiger charge is 2.21. The first-order valence-electron chi connectivity index (χ1n) is 6.68. The van der Waals surface area contributed by atoms with E-state index in [1.54, 1.807) is 23.1 Å². The molecule has 0 atom stereocenters. The second-order valence-electron chi connectivity index (χ2n) is 4.76. The van der Waals surface area contributed by atoms with E-state index in [-0.39, 0.29) is 11.8 Å². The van der Waals surface area contributed by atoms with Gasteiger partial charge in [-0.1, -0.05) is 0 Å². The molecule has 0 bridgehead atoms. The standard InChI is InChI=1S/C14H16N2O4/c17-13-3-6-20-12-2-1-10(9-11(12)15-13)14(18)16-4-7-19-8-5-16/h1-2,9H,3-8H2,(H,15,17). The summed E-state index contributed by atoms with van der Waals surface area (Å²) in [7, 11) is 0. The lowest BCUT2D eigenvalue weighted by atomic mass is 10.1. The van der Waals surface area contributed by atoms with Crippen LogP contribution in [0, 0.1) is 0 Å². The Kier molecular flexibility index (Phi) is 3.56. The molecule has 0 saturated carbocycles. The van der Waals surface area contributed by atoms with Gasteiger partial charge < -0.3 is 19.7 Å². The Labute approximate surface area is 116 Å². The largest absolute Gasteiger partial charge is 0.491 e. The maximum atomic E-state index is 12.4. The van der Waals surface area contributed by atoms with Crippen LogP contribution >= 0.6 is 0 Å². The summed E-state index contributed by atoms with van der Waals surface area (Å²) >= 11 is 0. The van der Waals surface area contributed by atoms with Crippen LogP contribution in [0.15, 0.2) is 18.2 Å². The van der Waals surface area contributed by atoms with E-state index in [2.05, 4.69) is 5.32 Å². The summed E-state index contributed by atoms with van der Waals surface area (Å²) in [4.78, 5) is 25.7. The van der Waals surface area contributed by atoms with Gasteiger partial charge in [-0.2, -0.15) is 0 Å². The van der Waals surface area contributed by atoms with Gasteiger partial charge in [-0.3, -0.25) is 9.59 Å². The second kappa shape index (κ2) is 5.50. The van der Waals surface area contributed by atoms with E-state index in [1.807, 2.05) is 0 Å². The molecular formula is C14H16N2O4. The third-order valence-electron chi connectivity index (χ3n) is 3.39. The number of amides is 2. The number of carbonyl (C=O) groups is 2. The average molecular weight is 276 g/mol. The van der Waals surface area contributed by atoms with Gasteiger partial charge in [-0.25, -0.2) is 0 Å². The molecule has 6 nitrogen and oxygen atoms in total. The number of hydrogen-bond acceptors (Lipinski definition) is 4. The lowest BCUT2D eigenvalue weighted by Gasteiger charge is -2.27. The van der Waals surface area contributed by atoms with Crippen LogP contribution in [-0.4, -0.2) is 49.6 Å². The number of morpholine rings is 1. The van der Waals surface area contributed by atoms with Crippen LogP contribution in [0.4, 0.5) is 5.69 Å². The number of nitrogens with zero attached hydrogens (tertiary/aromatic N) is 1. The highest BCUT2D eigenvalue weighted by atomic mass is 16.5. The van der Waals surface area contributed by atoms with Crippen molar-refractivity contribution in [1.82, 2.24) is 4.90 Å². The third-order valence-corrected chi connectivity index (χ3v) is 3.39. The molecule has 2 amide bonds. The van der Waals surface area contributed by atoms with Gasteiger partial charge in [0.1, 0.15) is 5.75 Å². The number of ether oxygens (including phenoxy) is 2. The molecule has 1 N–H and O–H groups in total. The summed E-state index contributed by atoms with van der Waals surface area (Å²) in [6, 6.07) is 5.14. The first kappa shape index (κ1) is 12.9. The number of nitrogens with one attached hydrogen (secondary N) is 1. The van der Waals surface area contributed by atoms with Gasteiger partial charge in [-0.15, -0.1) is 0 Å². The average Bonchev–Trinajstić information content (AvgIpc) is 2.67. The quantitative estimate of drug-likeness (QED) is 0.827. The summed E-state index contributed by atoms with van der Waals surface area (Å²) in [6.07, 6.45) is 0.321. The third kappa shape index (κ3) is 2.60. The molecule has 106 valence electrons. The summed E-state index contributed by atoms with van der Waals surface area (Å²) in [6.45, 7) is 2.68. The van der Waals surface area contributed by atoms with E-state index in [0.717, 1.165) is 0 Å². The molecule has 6 heteroatoms. The molecule has 2 aliphatic heterocycles. The van der Waals surface area contributed by atoms with Gasteiger partial charge in [0.25, 0.3) is 5.91 Å². The Bertz CT molecular complexity index is 538. The van der Waals surface area contributed by atoms with Crippen molar-refractivity contribution in [2.75, 3.05) is 38.2 Å². The fraction of sp³-hybridized carbons (Fsp3) is 0.429. The van der Waals surface area contributed by atoms with Crippen molar-refractivity contribution >= 4 is 17.5 Å². The predicted molar refractivity (Wildman–Crippen MR) is 71.9 cm³/mol. The highest BCUT2D eigenvalue weighted by Crippen LogP contribution is 2.28. The van der Waals surface area contributed by atoms with Crippen LogP contribution in [0.1, 0.15) is 16.8 Å². The Morgan fingerprint density at radius 2 is 2.00 bits per heavy atom. The van der Waals surface area contributed by atoms with Crippen LogP contribution in [0.5, 0.6) is 5.75 Å². The zero-order valence-corrected chi connectivity index (χ0v) is 11.1. The van der Waals surface area contributed by atoms with Crippen LogP contribution in [-0.2, 0) is 9.53 Å². The Morgan fingerprint density at radius 3 is 2.80 bits per heavy atom. The van der Waals surface area contributed by atoms with Crippen LogP contribution in [0.25, 0.3) is 0 Å². The molecule has 1 fully saturated rings. The molecule has 0 aromatic heterocycles. The SMILES string of the molecule is O=C1CCOc2ccc(C(=O)N3CCOCC3)cc2N1. The molecule has 1 aromatic rings. The van der Waals surface area contributed by atoms with Gasteiger partial charge in [-0.05, 0) is 18.2 Å². The summed E-state index contributed by atoms with van der Waals surface area (Å²) in [5.74, 6) is 0.462. The van der Waals surface area contributed by atoms with Gasteiger partial charge >= 0.3 is 0 Å². The molecule has 2 aliphatic rings. The summed E-state index contributed by atoms with van der Waals surface area (Å²) in [5, 5.41) is 2.76. The lowest BCUT2D eigenvalue weighted by molar-refractivity contribution is -0.116. The molecule has 20 heavy (non-hydrogen) atoms. The van der Waals surface area contributed by atoms with Gasteiger partial charge in [0.05, 0.1) is 31.9 Å². The Balaban J connectivity index is 1.83. The summed E-state index contributed by atoms with van der Waals surface area (Å²) in [5.41, 5.74) is 1.11. The molecule has 3 rings (SSSR count). The molecule has 1 aromatic carbocycles. The van der Waals surface area contributed by atoms with Crippen molar-refractivity contribution in [3.63, 3.8) is 0 Å². The highest BCUT2D eigenvalue weighted by molar-refractivity contribution is 5.98. The van der Waals surface area contributed by atoms with Crippen molar-refractivity contribution in [3.8, 4) is 5.75 Å². The summed E-state index contributed by atoms with van der Waals surface area (Å²) < 4.78 is 10.7. The minimum absolute atomic E-state index is 0.0467. The maximum Gasteiger partial charge on any atom is 0.254 e. The van der Waals surface area contributed by atoms with Gasteiger partial charge in [0.2, 0.25) is 5.91 Å². The molecule has 2 heterocycles. The number of anilines is 1. The number of rotatable bonds is 1. The monoisotopic (exact) mass is 276 g/mol. The zero-order valence-electron chi connectivity index (χ0n) is 11.1. The lowest BCUT2D eigenvalue weighted by Crippen LogP contribution is -2.40. The topological polar surface area (TPSA) is 67.9 Å². The second-order valence-corrected chi connectivity index (χ2v) is 4.76. The van der Waals surface area contributed by atoms with E-state index >= 15 is 0 Å². The van der Waals surface area contributed by atoms with E-state index < -0.39 is 0 Å². The van der Waals surface area contributed by atoms with E-state index in [1.165, 1.54) is 0 Å². The van der Waals surface area contributed by atoms with Crippen LogP contribution < -0.4 is 10.1 Å². The molecule has 0 unspecified atom stereocenters. The normalized spacial score (nSPS) is 18.6. The van der Waals surface area contributed by atoms with Crippen molar-refractivity contribution in [2.24, 2.45) is 0 Å². The fourth-order valence-electron chi connectivity index (χ4n) is 2.30. The van der Waals surface area contributed by atoms with Crippen LogP contribution in [0.2, 0.25) is 0 Å². The first-order valence-corrected chi connectivity index (χ1v) is 6.68. The van der Waals surface area contributed by atoms with Crippen LogP contribution in [0.3, 0.4) is 0 Å². The molecule has 0 spiro atoms. The number of benzene rings is 1. The Morgan fingerprint density at radius 1 is 1.20 bits per heavy atom. The van der Waals surface area contributed by atoms with Crippen molar-refractivity contribution in [3.05, 3.63) is 23.8 Å². The smallest absolute Gasteiger partial charge is 0.254 e. The molecule has 0 aliphatic carbocycles. The van der Waals surface area contributed by atoms with E-state index in [0.29, 0.717) is 56.3 Å². The van der Waals surface area contributed by atoms with Gasteiger partial charge in [0.15, 0.2) is 0 Å². The molecule has 1 saturated heterocycles. The first-order chi connectivity index (χ1) is 9.74. The van der Waals surface area contributed by atoms with E-state index in [9.17, 15) is 9.59 Å². The minimum Gasteiger partial charge on any atom is -0.491 e. The fourth-order valence-corrected chi connectivity index (χ4v) is 2.30. The van der Waals surface area contributed by atoms with Gasteiger partial charge in [0, 0.05) is 18.7 Å². The Hall–Kier alpha value is -2.08. The predicted octanol–water partition coefficient (Wildman–Crippen LogP) is 0.880. The zero-order chi connectivity index (χ0) is 13.9. The maximum absolute atomic E-state index is 12.4. The number of carbonyl (C=O) groups excluding carboxylic acids is 2. The number of hydrogen-bond donors (Lipinski definition) is 1. The molecule has 0 radical (unpaired) electrons.